The van der Waals surface area contributed by atoms with E-state index in [1.807, 2.05) is 13.8 Å². The van der Waals surface area contributed by atoms with Gasteiger partial charge in [-0.25, -0.2) is 9.59 Å². The van der Waals surface area contributed by atoms with E-state index in [0.717, 1.165) is 4.90 Å². The summed E-state index contributed by atoms with van der Waals surface area (Å²) >= 11 is 0. The van der Waals surface area contributed by atoms with Crippen LogP contribution >= 0.6 is 0 Å². The molecule has 1 amide bonds. The molecule has 0 heterocycles. The van der Waals surface area contributed by atoms with E-state index in [4.69, 9.17) is 9.47 Å². The van der Waals surface area contributed by atoms with Crippen molar-refractivity contribution in [3.05, 3.63) is 0 Å². The average Bonchev–Trinajstić information content (AvgIpc) is 2.28. The lowest BCUT2D eigenvalue weighted by molar-refractivity contribution is -0.158. The molecule has 0 bridgehead atoms. The predicted molar refractivity (Wildman–Crippen MR) is 89.7 cm³/mol. The number of carbonyl (C=O) groups excluding carboxylic acids is 2. The summed E-state index contributed by atoms with van der Waals surface area (Å²) in [6.45, 7) is 13.3. The molecule has 0 fully saturated rings. The highest BCUT2D eigenvalue weighted by molar-refractivity contribution is 5.84. The van der Waals surface area contributed by atoms with Crippen LogP contribution in [0.15, 0.2) is 0 Å². The Morgan fingerprint density at radius 2 is 1.42 bits per heavy atom. The Morgan fingerprint density at radius 3 is 1.75 bits per heavy atom. The van der Waals surface area contributed by atoms with Crippen molar-refractivity contribution >= 4 is 18.0 Å². The van der Waals surface area contributed by atoms with Gasteiger partial charge in [-0.3, -0.25) is 9.69 Å². The van der Waals surface area contributed by atoms with Crippen molar-refractivity contribution in [1.29, 1.82) is 0 Å². The van der Waals surface area contributed by atoms with Crippen LogP contribution in [-0.4, -0.2) is 51.8 Å². The summed E-state index contributed by atoms with van der Waals surface area (Å²) in [6.07, 6.45) is -0.640. The van der Waals surface area contributed by atoms with E-state index in [9.17, 15) is 19.5 Å². The molecule has 0 aliphatic heterocycles. The van der Waals surface area contributed by atoms with Crippen molar-refractivity contribution in [2.75, 3.05) is 6.54 Å². The minimum Gasteiger partial charge on any atom is -0.480 e. The average molecular weight is 345 g/mol. The maximum Gasteiger partial charge on any atom is 0.411 e. The van der Waals surface area contributed by atoms with Crippen molar-refractivity contribution in [2.45, 2.75) is 79.1 Å². The third kappa shape index (κ3) is 9.37. The molecule has 7 heteroatoms. The Bertz CT molecular complexity index is 459. The molecular formula is C17H31NO6. The van der Waals surface area contributed by atoms with E-state index < -0.39 is 41.8 Å². The fraction of sp³-hybridized carbons (Fsp3) is 0.824. The van der Waals surface area contributed by atoms with Crippen LogP contribution in [0.2, 0.25) is 0 Å². The van der Waals surface area contributed by atoms with Crippen LogP contribution in [0.25, 0.3) is 0 Å². The van der Waals surface area contributed by atoms with Gasteiger partial charge in [0.15, 0.2) is 0 Å². The Hall–Kier alpha value is -1.79. The Morgan fingerprint density at radius 1 is 0.958 bits per heavy atom. The van der Waals surface area contributed by atoms with E-state index in [0.29, 0.717) is 0 Å². The van der Waals surface area contributed by atoms with Gasteiger partial charge in [0.1, 0.15) is 23.8 Å². The molecule has 140 valence electrons. The van der Waals surface area contributed by atoms with Crippen LogP contribution in [0.4, 0.5) is 4.79 Å². The lowest BCUT2D eigenvalue weighted by Crippen LogP contribution is -2.50. The summed E-state index contributed by atoms with van der Waals surface area (Å²) in [5, 5.41) is 9.48. The van der Waals surface area contributed by atoms with Gasteiger partial charge >= 0.3 is 18.0 Å². The Labute approximate surface area is 144 Å². The third-order valence-corrected chi connectivity index (χ3v) is 2.70. The molecule has 0 aliphatic carbocycles. The first kappa shape index (κ1) is 22.2. The summed E-state index contributed by atoms with van der Waals surface area (Å²) in [5.41, 5.74) is -1.53. The molecule has 0 saturated carbocycles. The monoisotopic (exact) mass is 345 g/mol. The highest BCUT2D eigenvalue weighted by Gasteiger charge is 2.35. The molecule has 0 aliphatic rings. The maximum atomic E-state index is 12.4. The smallest absolute Gasteiger partial charge is 0.411 e. The molecule has 0 radical (unpaired) electrons. The molecule has 24 heavy (non-hydrogen) atoms. The number of hydrogen-bond acceptors (Lipinski definition) is 5. The van der Waals surface area contributed by atoms with Gasteiger partial charge in [-0.05, 0) is 53.9 Å². The zero-order valence-electron chi connectivity index (χ0n) is 16.0. The molecule has 0 spiro atoms. The van der Waals surface area contributed by atoms with Crippen LogP contribution in [-0.2, 0) is 19.1 Å². The molecule has 1 N–H and O–H groups in total. The molecule has 0 aromatic carbocycles. The third-order valence-electron chi connectivity index (χ3n) is 2.70. The van der Waals surface area contributed by atoms with Gasteiger partial charge < -0.3 is 14.6 Å². The standard InChI is InChI=1S/C17H31NO6/c1-11(2)9-12(14(20)21)18(15(22)24-17(6,7)8)10-13(19)23-16(3,4)5/h11-12H,9-10H2,1-8H3,(H,20,21). The Balaban J connectivity index is 5.44. The minimum absolute atomic E-state index is 0.0228. The fourth-order valence-corrected chi connectivity index (χ4v) is 1.94. The van der Waals surface area contributed by atoms with Gasteiger partial charge in [0.05, 0.1) is 0 Å². The fourth-order valence-electron chi connectivity index (χ4n) is 1.94. The molecule has 1 unspecified atom stereocenters. The van der Waals surface area contributed by atoms with Crippen molar-refractivity contribution in [3.63, 3.8) is 0 Å². The first-order valence-electron chi connectivity index (χ1n) is 8.06. The van der Waals surface area contributed by atoms with Gasteiger partial charge in [0.25, 0.3) is 0 Å². The van der Waals surface area contributed by atoms with Crippen LogP contribution in [0.3, 0.4) is 0 Å². The first-order valence-corrected chi connectivity index (χ1v) is 8.06. The van der Waals surface area contributed by atoms with E-state index >= 15 is 0 Å². The maximum absolute atomic E-state index is 12.4. The molecular weight excluding hydrogens is 314 g/mol. The van der Waals surface area contributed by atoms with Crippen LogP contribution in [0.1, 0.15) is 61.8 Å². The zero-order chi connectivity index (χ0) is 19.3. The number of aliphatic carboxylic acids is 1. The number of amides is 1. The second-order valence-corrected chi connectivity index (χ2v) is 8.18. The minimum atomic E-state index is -1.18. The predicted octanol–water partition coefficient (Wildman–Crippen LogP) is 3.06. The summed E-state index contributed by atoms with van der Waals surface area (Å²) in [5.74, 6) is -1.84. The van der Waals surface area contributed by atoms with Crippen LogP contribution < -0.4 is 0 Å². The van der Waals surface area contributed by atoms with E-state index in [-0.39, 0.29) is 12.3 Å². The number of esters is 1. The van der Waals surface area contributed by atoms with Crippen LogP contribution in [0.5, 0.6) is 0 Å². The van der Waals surface area contributed by atoms with Gasteiger partial charge in [-0.1, -0.05) is 13.8 Å². The van der Waals surface area contributed by atoms with E-state index in [2.05, 4.69) is 0 Å². The number of nitrogens with zero attached hydrogens (tertiary/aromatic N) is 1. The molecule has 1 atom stereocenters. The van der Waals surface area contributed by atoms with Crippen molar-refractivity contribution in [1.82, 2.24) is 4.90 Å². The summed E-state index contributed by atoms with van der Waals surface area (Å²) < 4.78 is 10.5. The lowest BCUT2D eigenvalue weighted by Gasteiger charge is -2.32. The van der Waals surface area contributed by atoms with Crippen LogP contribution in [0, 0.1) is 5.92 Å². The lowest BCUT2D eigenvalue weighted by atomic mass is 10.0. The quantitative estimate of drug-likeness (QED) is 0.744. The van der Waals surface area contributed by atoms with Crippen molar-refractivity contribution in [3.8, 4) is 0 Å². The summed E-state index contributed by atoms with van der Waals surface area (Å²) in [6, 6.07) is -1.16. The van der Waals surface area contributed by atoms with Gasteiger partial charge in [0, 0.05) is 0 Å². The summed E-state index contributed by atoms with van der Waals surface area (Å²) in [7, 11) is 0. The molecule has 7 nitrogen and oxygen atoms in total. The largest absolute Gasteiger partial charge is 0.480 e. The number of carboxylic acids is 1. The first-order chi connectivity index (χ1) is 10.6. The number of ether oxygens (including phenoxy) is 2. The summed E-state index contributed by atoms with van der Waals surface area (Å²) in [4.78, 5) is 37.1. The van der Waals surface area contributed by atoms with Crippen molar-refractivity contribution in [2.24, 2.45) is 5.92 Å². The van der Waals surface area contributed by atoms with Gasteiger partial charge in [0.2, 0.25) is 0 Å². The zero-order valence-corrected chi connectivity index (χ0v) is 16.0. The van der Waals surface area contributed by atoms with E-state index in [1.165, 1.54) is 0 Å². The Kier molecular flexibility index (Phi) is 7.73. The van der Waals surface area contributed by atoms with Gasteiger partial charge in [-0.15, -0.1) is 0 Å². The number of rotatable bonds is 6. The van der Waals surface area contributed by atoms with Crippen molar-refractivity contribution < 1.29 is 29.0 Å². The molecule has 0 saturated heterocycles. The number of hydrogen-bond donors (Lipinski definition) is 1. The normalized spacial score (nSPS) is 13.4. The van der Waals surface area contributed by atoms with Gasteiger partial charge in [-0.2, -0.15) is 0 Å². The number of carbonyl (C=O) groups is 3. The number of carboxylic acid groups (broad SMARTS) is 1. The van der Waals surface area contributed by atoms with E-state index in [1.54, 1.807) is 41.5 Å². The topological polar surface area (TPSA) is 93.1 Å². The molecule has 0 rings (SSSR count). The second kappa shape index (κ2) is 8.35. The second-order valence-electron chi connectivity index (χ2n) is 8.18. The SMILES string of the molecule is CC(C)CC(C(=O)O)N(CC(=O)OC(C)(C)C)C(=O)OC(C)(C)C. The highest BCUT2D eigenvalue weighted by Crippen LogP contribution is 2.18. The molecule has 0 aromatic rings. The highest BCUT2D eigenvalue weighted by atomic mass is 16.6. The molecule has 0 aromatic heterocycles.